The van der Waals surface area contributed by atoms with Gasteiger partial charge in [-0.3, -0.25) is 0 Å². The summed E-state index contributed by atoms with van der Waals surface area (Å²) in [4.78, 5) is 2.09. The van der Waals surface area contributed by atoms with Crippen molar-refractivity contribution >= 4 is 0 Å². The fraction of sp³-hybridized carbons (Fsp3) is 0.455. The van der Waals surface area contributed by atoms with Crippen LogP contribution in [0.5, 0.6) is 5.75 Å². The lowest BCUT2D eigenvalue weighted by atomic mass is 10.1. The summed E-state index contributed by atoms with van der Waals surface area (Å²) in [5.74, 6) is 0.295. The molecule has 0 bridgehead atoms. The number of nitrogens with zero attached hydrogens (tertiary/aromatic N) is 1. The van der Waals surface area contributed by atoms with E-state index in [9.17, 15) is 0 Å². The number of likely N-dealkylation sites (N-methyl/N-ethyl adjacent to an activating group) is 1. The number of phenols is 1. The molecule has 0 fully saturated rings. The zero-order valence-corrected chi connectivity index (χ0v) is 8.90. The highest BCUT2D eigenvalue weighted by Crippen LogP contribution is 2.20. The number of methoxy groups -OCH3 is 1. The van der Waals surface area contributed by atoms with Gasteiger partial charge in [-0.15, -0.1) is 0 Å². The first kappa shape index (κ1) is 11.0. The molecule has 0 radical (unpaired) electrons. The second-order valence-corrected chi connectivity index (χ2v) is 3.53. The van der Waals surface area contributed by atoms with Crippen LogP contribution in [0.4, 0.5) is 0 Å². The number of rotatable bonds is 4. The predicted molar refractivity (Wildman–Crippen MR) is 56.4 cm³/mol. The number of hydrogen-bond acceptors (Lipinski definition) is 3. The van der Waals surface area contributed by atoms with Gasteiger partial charge < -0.3 is 14.7 Å². The molecule has 1 aromatic carbocycles. The third-order valence-corrected chi connectivity index (χ3v) is 2.23. The standard InChI is InChI=1S/C11H17NO2/c1-12(2)11(8-14-3)9-4-6-10(13)7-5-9/h4-7,11,13H,8H2,1-3H3. The first-order valence-corrected chi connectivity index (χ1v) is 4.59. The van der Waals surface area contributed by atoms with E-state index in [4.69, 9.17) is 9.84 Å². The van der Waals surface area contributed by atoms with Gasteiger partial charge in [0.15, 0.2) is 0 Å². The molecule has 0 heterocycles. The van der Waals surface area contributed by atoms with Gasteiger partial charge in [0.05, 0.1) is 12.6 Å². The van der Waals surface area contributed by atoms with Gasteiger partial charge in [0.1, 0.15) is 5.75 Å². The topological polar surface area (TPSA) is 32.7 Å². The van der Waals surface area contributed by atoms with E-state index < -0.39 is 0 Å². The second kappa shape index (κ2) is 4.98. The second-order valence-electron chi connectivity index (χ2n) is 3.53. The van der Waals surface area contributed by atoms with Crippen molar-refractivity contribution in [1.82, 2.24) is 4.90 Å². The summed E-state index contributed by atoms with van der Waals surface area (Å²) in [6.07, 6.45) is 0. The van der Waals surface area contributed by atoms with Crippen LogP contribution in [0.3, 0.4) is 0 Å². The maximum Gasteiger partial charge on any atom is 0.115 e. The van der Waals surface area contributed by atoms with E-state index >= 15 is 0 Å². The van der Waals surface area contributed by atoms with E-state index in [0.717, 1.165) is 5.56 Å². The molecule has 1 unspecified atom stereocenters. The van der Waals surface area contributed by atoms with Crippen LogP contribution in [-0.2, 0) is 4.74 Å². The van der Waals surface area contributed by atoms with Crippen molar-refractivity contribution < 1.29 is 9.84 Å². The molecule has 1 atom stereocenters. The summed E-state index contributed by atoms with van der Waals surface area (Å²) in [6.45, 7) is 0.651. The Balaban J connectivity index is 2.82. The van der Waals surface area contributed by atoms with Crippen molar-refractivity contribution in [2.75, 3.05) is 27.8 Å². The van der Waals surface area contributed by atoms with Gasteiger partial charge in [-0.25, -0.2) is 0 Å². The number of ether oxygens (including phenoxy) is 1. The number of aromatic hydroxyl groups is 1. The van der Waals surface area contributed by atoms with Crippen LogP contribution >= 0.6 is 0 Å². The fourth-order valence-corrected chi connectivity index (χ4v) is 1.40. The van der Waals surface area contributed by atoms with Crippen LogP contribution in [0.2, 0.25) is 0 Å². The van der Waals surface area contributed by atoms with E-state index in [-0.39, 0.29) is 6.04 Å². The minimum Gasteiger partial charge on any atom is -0.508 e. The van der Waals surface area contributed by atoms with Gasteiger partial charge in [0.2, 0.25) is 0 Å². The van der Waals surface area contributed by atoms with Gasteiger partial charge in [0.25, 0.3) is 0 Å². The first-order chi connectivity index (χ1) is 6.65. The maximum atomic E-state index is 9.16. The molecule has 1 aromatic rings. The maximum absolute atomic E-state index is 9.16. The van der Waals surface area contributed by atoms with Crippen molar-refractivity contribution in [3.8, 4) is 5.75 Å². The van der Waals surface area contributed by atoms with Crippen LogP contribution in [0, 0.1) is 0 Å². The normalized spacial score (nSPS) is 13.1. The Bertz CT molecular complexity index is 269. The molecule has 0 saturated carbocycles. The predicted octanol–water partition coefficient (Wildman–Crippen LogP) is 1.64. The van der Waals surface area contributed by atoms with Gasteiger partial charge in [-0.1, -0.05) is 12.1 Å². The summed E-state index contributed by atoms with van der Waals surface area (Å²) in [7, 11) is 5.71. The third-order valence-electron chi connectivity index (χ3n) is 2.23. The molecule has 1 N–H and O–H groups in total. The molecule has 78 valence electrons. The minimum absolute atomic E-state index is 0.237. The summed E-state index contributed by atoms with van der Waals surface area (Å²) < 4.78 is 5.15. The molecule has 0 aliphatic rings. The van der Waals surface area contributed by atoms with Gasteiger partial charge in [-0.05, 0) is 31.8 Å². The van der Waals surface area contributed by atoms with Crippen molar-refractivity contribution in [2.24, 2.45) is 0 Å². The lowest BCUT2D eigenvalue weighted by Crippen LogP contribution is -2.23. The SMILES string of the molecule is COCC(c1ccc(O)cc1)N(C)C. The van der Waals surface area contributed by atoms with Crippen LogP contribution in [0.15, 0.2) is 24.3 Å². The molecule has 0 amide bonds. The van der Waals surface area contributed by atoms with E-state index in [0.29, 0.717) is 12.4 Å². The van der Waals surface area contributed by atoms with Crippen molar-refractivity contribution in [3.63, 3.8) is 0 Å². The fourth-order valence-electron chi connectivity index (χ4n) is 1.40. The zero-order chi connectivity index (χ0) is 10.6. The van der Waals surface area contributed by atoms with Crippen molar-refractivity contribution in [3.05, 3.63) is 29.8 Å². The third kappa shape index (κ3) is 2.72. The molecule has 0 aliphatic heterocycles. The Morgan fingerprint density at radius 3 is 2.29 bits per heavy atom. The molecule has 14 heavy (non-hydrogen) atoms. The Hall–Kier alpha value is -1.06. The van der Waals surface area contributed by atoms with E-state index in [1.807, 2.05) is 26.2 Å². The Morgan fingerprint density at radius 1 is 1.29 bits per heavy atom. The Morgan fingerprint density at radius 2 is 1.86 bits per heavy atom. The summed E-state index contributed by atoms with van der Waals surface area (Å²) in [5, 5.41) is 9.16. The minimum atomic E-state index is 0.237. The highest BCUT2D eigenvalue weighted by Gasteiger charge is 2.13. The average molecular weight is 195 g/mol. The molecule has 0 aliphatic carbocycles. The van der Waals surface area contributed by atoms with E-state index in [2.05, 4.69) is 4.90 Å². The molecule has 3 nitrogen and oxygen atoms in total. The summed E-state index contributed by atoms with van der Waals surface area (Å²) >= 11 is 0. The summed E-state index contributed by atoms with van der Waals surface area (Å²) in [5.41, 5.74) is 1.15. The number of hydrogen-bond donors (Lipinski definition) is 1. The largest absolute Gasteiger partial charge is 0.508 e. The molecular formula is C11H17NO2. The van der Waals surface area contributed by atoms with Crippen molar-refractivity contribution in [2.45, 2.75) is 6.04 Å². The van der Waals surface area contributed by atoms with E-state index in [1.54, 1.807) is 19.2 Å². The van der Waals surface area contributed by atoms with Crippen LogP contribution in [-0.4, -0.2) is 37.8 Å². The number of phenolic OH excluding ortho intramolecular Hbond substituents is 1. The highest BCUT2D eigenvalue weighted by molar-refractivity contribution is 5.28. The lowest BCUT2D eigenvalue weighted by Gasteiger charge is -2.23. The van der Waals surface area contributed by atoms with Crippen LogP contribution in [0.1, 0.15) is 11.6 Å². The smallest absolute Gasteiger partial charge is 0.115 e. The van der Waals surface area contributed by atoms with Gasteiger partial charge in [-0.2, -0.15) is 0 Å². The van der Waals surface area contributed by atoms with Gasteiger partial charge >= 0.3 is 0 Å². The average Bonchev–Trinajstić information content (AvgIpc) is 2.15. The molecule has 0 saturated heterocycles. The van der Waals surface area contributed by atoms with Crippen LogP contribution in [0.25, 0.3) is 0 Å². The first-order valence-electron chi connectivity index (χ1n) is 4.59. The van der Waals surface area contributed by atoms with E-state index in [1.165, 1.54) is 0 Å². The molecule has 0 aromatic heterocycles. The molecule has 1 rings (SSSR count). The molecular weight excluding hydrogens is 178 g/mol. The Kier molecular flexibility index (Phi) is 3.92. The summed E-state index contributed by atoms with van der Waals surface area (Å²) in [6, 6.07) is 7.46. The highest BCUT2D eigenvalue weighted by atomic mass is 16.5. The molecule has 0 spiro atoms. The lowest BCUT2D eigenvalue weighted by molar-refractivity contribution is 0.120. The quantitative estimate of drug-likeness (QED) is 0.792. The zero-order valence-electron chi connectivity index (χ0n) is 8.90. The van der Waals surface area contributed by atoms with Gasteiger partial charge in [0, 0.05) is 7.11 Å². The van der Waals surface area contributed by atoms with Crippen molar-refractivity contribution in [1.29, 1.82) is 0 Å². The Labute approximate surface area is 84.9 Å². The number of benzene rings is 1. The molecule has 3 heteroatoms. The monoisotopic (exact) mass is 195 g/mol. The van der Waals surface area contributed by atoms with Crippen LogP contribution < -0.4 is 0 Å².